The number of benzene rings is 1. The Morgan fingerprint density at radius 2 is 2.07 bits per heavy atom. The highest BCUT2D eigenvalue weighted by molar-refractivity contribution is 7.89. The van der Waals surface area contributed by atoms with Gasteiger partial charge in [0, 0.05) is 23.0 Å². The van der Waals surface area contributed by atoms with Crippen molar-refractivity contribution >= 4 is 45.1 Å². The Kier molecular flexibility index (Phi) is 6.31. The van der Waals surface area contributed by atoms with Crippen LogP contribution in [0.4, 0.5) is 0 Å². The third-order valence-corrected chi connectivity index (χ3v) is 7.55. The molecule has 0 radical (unpaired) electrons. The smallest absolute Gasteiger partial charge is 0.244 e. The van der Waals surface area contributed by atoms with E-state index < -0.39 is 15.9 Å². The Bertz CT molecular complexity index is 939. The molecule has 1 atom stereocenters. The first kappa shape index (κ1) is 20.0. The number of carbonyl (C=O) groups is 1. The molecule has 27 heavy (non-hydrogen) atoms. The van der Waals surface area contributed by atoms with E-state index in [9.17, 15) is 13.2 Å². The Morgan fingerprint density at radius 3 is 2.74 bits per heavy atom. The van der Waals surface area contributed by atoms with Crippen molar-refractivity contribution in [1.29, 1.82) is 0 Å². The van der Waals surface area contributed by atoms with Crippen molar-refractivity contribution in [2.75, 3.05) is 13.1 Å². The standard InChI is InChI=1S/C18H20ClN3O3S2/c1-13-8-10-26-17(13)11-20-21-18(23)14-3-2-9-22(12-14)27(24,25)16-6-4-15(19)5-7-16/h4-8,10-11,14H,2-3,9,12H2,1H3,(H,21,23). The van der Waals surface area contributed by atoms with Gasteiger partial charge in [-0.2, -0.15) is 9.41 Å². The van der Waals surface area contributed by atoms with Crippen LogP contribution in [-0.4, -0.2) is 37.9 Å². The van der Waals surface area contributed by atoms with Gasteiger partial charge in [0.2, 0.25) is 15.9 Å². The average molecular weight is 426 g/mol. The van der Waals surface area contributed by atoms with Gasteiger partial charge in [0.15, 0.2) is 0 Å². The first-order valence-corrected chi connectivity index (χ1v) is 11.2. The van der Waals surface area contributed by atoms with Crippen LogP contribution in [0.15, 0.2) is 45.7 Å². The van der Waals surface area contributed by atoms with Gasteiger partial charge < -0.3 is 0 Å². The molecule has 1 fully saturated rings. The molecule has 6 nitrogen and oxygen atoms in total. The van der Waals surface area contributed by atoms with Crippen LogP contribution in [0.2, 0.25) is 5.02 Å². The number of nitrogens with zero attached hydrogens (tertiary/aromatic N) is 2. The molecule has 1 aliphatic heterocycles. The zero-order valence-corrected chi connectivity index (χ0v) is 17.1. The Morgan fingerprint density at radius 1 is 1.33 bits per heavy atom. The fourth-order valence-corrected chi connectivity index (χ4v) is 5.33. The molecule has 2 aromatic rings. The maximum atomic E-state index is 12.8. The van der Waals surface area contributed by atoms with Gasteiger partial charge in [0.05, 0.1) is 17.0 Å². The van der Waals surface area contributed by atoms with Crippen LogP contribution in [-0.2, 0) is 14.8 Å². The summed E-state index contributed by atoms with van der Waals surface area (Å²) in [7, 11) is -3.65. The largest absolute Gasteiger partial charge is 0.273 e. The molecule has 3 rings (SSSR count). The van der Waals surface area contributed by atoms with Gasteiger partial charge in [-0.3, -0.25) is 4.79 Å². The molecule has 1 saturated heterocycles. The number of hydrogen-bond donors (Lipinski definition) is 1. The van der Waals surface area contributed by atoms with Gasteiger partial charge in [-0.1, -0.05) is 11.6 Å². The summed E-state index contributed by atoms with van der Waals surface area (Å²) in [4.78, 5) is 13.6. The van der Waals surface area contributed by atoms with Crippen molar-refractivity contribution in [3.63, 3.8) is 0 Å². The first-order valence-electron chi connectivity index (χ1n) is 8.50. The van der Waals surface area contributed by atoms with Crippen molar-refractivity contribution < 1.29 is 13.2 Å². The lowest BCUT2D eigenvalue weighted by atomic mass is 9.99. The summed E-state index contributed by atoms with van der Waals surface area (Å²) in [6.45, 7) is 2.51. The summed E-state index contributed by atoms with van der Waals surface area (Å²) in [5, 5.41) is 6.44. The molecular weight excluding hydrogens is 406 g/mol. The van der Waals surface area contributed by atoms with Crippen LogP contribution in [0.1, 0.15) is 23.3 Å². The summed E-state index contributed by atoms with van der Waals surface area (Å²) in [5.74, 6) is -0.695. The van der Waals surface area contributed by atoms with Gasteiger partial charge in [0.1, 0.15) is 0 Å². The lowest BCUT2D eigenvalue weighted by molar-refractivity contribution is -0.126. The van der Waals surface area contributed by atoms with E-state index in [0.717, 1.165) is 10.4 Å². The third-order valence-electron chi connectivity index (χ3n) is 4.46. The Hall–Kier alpha value is -1.74. The second-order valence-corrected chi connectivity index (χ2v) is 9.68. The van der Waals surface area contributed by atoms with Gasteiger partial charge in [-0.25, -0.2) is 13.8 Å². The SMILES string of the molecule is Cc1ccsc1C=NNC(=O)C1CCCN(S(=O)(=O)c2ccc(Cl)cc2)C1. The normalized spacial score (nSPS) is 18.7. The van der Waals surface area contributed by atoms with Gasteiger partial charge >= 0.3 is 0 Å². The van der Waals surface area contributed by atoms with E-state index in [2.05, 4.69) is 10.5 Å². The number of sulfonamides is 1. The number of carbonyl (C=O) groups excluding carboxylic acids is 1. The Balaban J connectivity index is 1.64. The van der Waals surface area contributed by atoms with E-state index >= 15 is 0 Å². The number of halogens is 1. The average Bonchev–Trinajstić information content (AvgIpc) is 3.07. The second-order valence-electron chi connectivity index (χ2n) is 6.36. The van der Waals surface area contributed by atoms with Crippen molar-refractivity contribution in [1.82, 2.24) is 9.73 Å². The number of piperidine rings is 1. The van der Waals surface area contributed by atoms with E-state index in [1.54, 1.807) is 29.7 Å². The van der Waals surface area contributed by atoms with E-state index in [1.165, 1.54) is 16.4 Å². The first-order chi connectivity index (χ1) is 12.9. The minimum absolute atomic E-state index is 0.143. The molecule has 0 aliphatic carbocycles. The quantitative estimate of drug-likeness (QED) is 0.589. The Labute approximate surface area is 167 Å². The van der Waals surface area contributed by atoms with Gasteiger partial charge in [0.25, 0.3) is 0 Å². The lowest BCUT2D eigenvalue weighted by Crippen LogP contribution is -2.44. The zero-order valence-electron chi connectivity index (χ0n) is 14.8. The van der Waals surface area contributed by atoms with E-state index in [-0.39, 0.29) is 17.3 Å². The fraction of sp³-hybridized carbons (Fsp3) is 0.333. The summed E-state index contributed by atoms with van der Waals surface area (Å²) < 4.78 is 27.0. The van der Waals surface area contributed by atoms with E-state index in [0.29, 0.717) is 24.4 Å². The molecule has 0 spiro atoms. The lowest BCUT2D eigenvalue weighted by Gasteiger charge is -2.30. The van der Waals surface area contributed by atoms with Gasteiger partial charge in [-0.05, 0) is 61.0 Å². The number of thiophene rings is 1. The minimum atomic E-state index is -3.65. The van der Waals surface area contributed by atoms with Crippen LogP contribution in [0, 0.1) is 12.8 Å². The molecule has 1 N–H and O–H groups in total. The molecule has 9 heteroatoms. The van der Waals surface area contributed by atoms with Crippen LogP contribution >= 0.6 is 22.9 Å². The van der Waals surface area contributed by atoms with Gasteiger partial charge in [-0.15, -0.1) is 11.3 Å². The molecule has 1 unspecified atom stereocenters. The minimum Gasteiger partial charge on any atom is -0.273 e. The molecule has 1 aromatic carbocycles. The molecule has 1 aromatic heterocycles. The van der Waals surface area contributed by atoms with Crippen LogP contribution in [0.25, 0.3) is 0 Å². The summed E-state index contributed by atoms with van der Waals surface area (Å²) in [6.07, 6.45) is 2.87. The molecular formula is C18H20ClN3O3S2. The van der Waals surface area contributed by atoms with E-state index in [4.69, 9.17) is 11.6 Å². The molecule has 1 aliphatic rings. The molecule has 2 heterocycles. The predicted octanol–water partition coefficient (Wildman–Crippen LogP) is 3.26. The molecule has 0 saturated carbocycles. The number of amides is 1. The topological polar surface area (TPSA) is 78.8 Å². The number of aryl methyl sites for hydroxylation is 1. The van der Waals surface area contributed by atoms with Crippen molar-refractivity contribution in [3.8, 4) is 0 Å². The summed E-state index contributed by atoms with van der Waals surface area (Å²) in [5.41, 5.74) is 3.63. The van der Waals surface area contributed by atoms with Crippen molar-refractivity contribution in [2.45, 2.75) is 24.7 Å². The third kappa shape index (κ3) is 4.76. The highest BCUT2D eigenvalue weighted by Gasteiger charge is 2.33. The summed E-state index contributed by atoms with van der Waals surface area (Å²) >= 11 is 7.38. The predicted molar refractivity (Wildman–Crippen MR) is 108 cm³/mol. The van der Waals surface area contributed by atoms with Crippen molar-refractivity contribution in [3.05, 3.63) is 51.2 Å². The van der Waals surface area contributed by atoms with E-state index in [1.807, 2.05) is 18.4 Å². The highest BCUT2D eigenvalue weighted by Crippen LogP contribution is 2.25. The molecule has 144 valence electrons. The zero-order chi connectivity index (χ0) is 19.4. The van der Waals surface area contributed by atoms with Crippen molar-refractivity contribution in [2.24, 2.45) is 11.0 Å². The monoisotopic (exact) mass is 425 g/mol. The number of hydrogen-bond acceptors (Lipinski definition) is 5. The maximum absolute atomic E-state index is 12.8. The fourth-order valence-electron chi connectivity index (χ4n) is 2.89. The summed E-state index contributed by atoms with van der Waals surface area (Å²) in [6, 6.07) is 8.03. The molecule has 1 amide bonds. The number of hydrazone groups is 1. The van der Waals surface area contributed by atoms with Crippen LogP contribution < -0.4 is 5.43 Å². The van der Waals surface area contributed by atoms with Crippen LogP contribution in [0.3, 0.4) is 0 Å². The number of rotatable bonds is 5. The molecule has 0 bridgehead atoms. The van der Waals surface area contributed by atoms with Crippen LogP contribution in [0.5, 0.6) is 0 Å². The highest BCUT2D eigenvalue weighted by atomic mass is 35.5. The second kappa shape index (κ2) is 8.52. The maximum Gasteiger partial charge on any atom is 0.244 e. The number of nitrogens with one attached hydrogen (secondary N) is 1.